The average molecular weight is 194 g/mol. The number of aliphatic carboxylic acids is 1. The Labute approximate surface area is 70.7 Å². The molecule has 0 atom stereocenters. The summed E-state index contributed by atoms with van der Waals surface area (Å²) >= 11 is 0. The number of hydrogen-bond donors (Lipinski definition) is 1. The Balaban J connectivity index is -0.0000000600. The fourth-order valence-electron chi connectivity index (χ4n) is 0.328. The zero-order valence-electron chi connectivity index (χ0n) is 5.83. The Morgan fingerprint density at radius 1 is 1.40 bits per heavy atom. The standard InChI is InChI=1S/C5H10O2.Fe.2H2O/c1-2-3-4-5(6)7;;;/h2-4H2,1H3,(H,6,7);;2*1H2. The molecule has 0 saturated heterocycles. The van der Waals surface area contributed by atoms with Crippen molar-refractivity contribution in [1.29, 1.82) is 0 Å². The van der Waals surface area contributed by atoms with Gasteiger partial charge in [0, 0.05) is 23.5 Å². The van der Waals surface area contributed by atoms with Gasteiger partial charge in [0.1, 0.15) is 0 Å². The fourth-order valence-corrected chi connectivity index (χ4v) is 0.328. The topological polar surface area (TPSA) is 100 Å². The van der Waals surface area contributed by atoms with E-state index >= 15 is 0 Å². The van der Waals surface area contributed by atoms with Crippen molar-refractivity contribution < 1.29 is 37.9 Å². The Hall–Kier alpha value is -0.0905. The third kappa shape index (κ3) is 24.7. The normalized spacial score (nSPS) is 6.10. The van der Waals surface area contributed by atoms with Crippen LogP contribution in [-0.4, -0.2) is 22.0 Å². The molecule has 5 N–H and O–H groups in total. The predicted molar refractivity (Wildman–Crippen MR) is 34.4 cm³/mol. The summed E-state index contributed by atoms with van der Waals surface area (Å²) in [6, 6.07) is 0. The molecule has 4 nitrogen and oxygen atoms in total. The van der Waals surface area contributed by atoms with Crippen LogP contribution in [0.2, 0.25) is 0 Å². The molecular weight excluding hydrogens is 180 g/mol. The minimum Gasteiger partial charge on any atom is -0.481 e. The number of carboxylic acids is 1. The first-order chi connectivity index (χ1) is 3.27. The number of hydrogen-bond acceptors (Lipinski definition) is 1. The first-order valence-electron chi connectivity index (χ1n) is 2.49. The van der Waals surface area contributed by atoms with E-state index in [2.05, 4.69) is 0 Å². The molecule has 0 aromatic rings. The number of carbonyl (C=O) groups is 1. The van der Waals surface area contributed by atoms with Gasteiger partial charge in [-0.25, -0.2) is 0 Å². The van der Waals surface area contributed by atoms with Crippen LogP contribution in [0, 0.1) is 0 Å². The van der Waals surface area contributed by atoms with Gasteiger partial charge in [0.25, 0.3) is 0 Å². The van der Waals surface area contributed by atoms with Crippen LogP contribution in [0.5, 0.6) is 0 Å². The van der Waals surface area contributed by atoms with E-state index in [1.54, 1.807) is 0 Å². The summed E-state index contributed by atoms with van der Waals surface area (Å²) in [6.45, 7) is 1.98. The van der Waals surface area contributed by atoms with Crippen LogP contribution in [0.25, 0.3) is 0 Å². The third-order valence-corrected chi connectivity index (χ3v) is 0.744. The van der Waals surface area contributed by atoms with Crippen LogP contribution in [0.4, 0.5) is 0 Å². The molecule has 0 aliphatic rings. The molecule has 0 amide bonds. The second-order valence-electron chi connectivity index (χ2n) is 1.50. The Morgan fingerprint density at radius 2 is 1.80 bits per heavy atom. The molecule has 10 heavy (non-hydrogen) atoms. The van der Waals surface area contributed by atoms with E-state index in [-0.39, 0.29) is 28.0 Å². The molecule has 0 aromatic carbocycles. The molecule has 0 rings (SSSR count). The van der Waals surface area contributed by atoms with Gasteiger partial charge in [-0.15, -0.1) is 0 Å². The predicted octanol–water partition coefficient (Wildman–Crippen LogP) is -0.391. The minimum absolute atomic E-state index is 0. The quantitative estimate of drug-likeness (QED) is 0.618. The molecule has 0 fully saturated rings. The van der Waals surface area contributed by atoms with Crippen molar-refractivity contribution >= 4 is 5.97 Å². The largest absolute Gasteiger partial charge is 0.481 e. The summed E-state index contributed by atoms with van der Waals surface area (Å²) in [4.78, 5) is 9.76. The smallest absolute Gasteiger partial charge is 0.303 e. The van der Waals surface area contributed by atoms with E-state index in [0.29, 0.717) is 6.42 Å². The van der Waals surface area contributed by atoms with Gasteiger partial charge >= 0.3 is 5.97 Å². The molecule has 0 aromatic heterocycles. The van der Waals surface area contributed by atoms with Crippen molar-refractivity contribution in [2.24, 2.45) is 0 Å². The molecule has 5 heteroatoms. The third-order valence-electron chi connectivity index (χ3n) is 0.744. The molecule has 0 bridgehead atoms. The zero-order valence-corrected chi connectivity index (χ0v) is 6.93. The number of rotatable bonds is 3. The van der Waals surface area contributed by atoms with E-state index in [4.69, 9.17) is 5.11 Å². The Kier molecular flexibility index (Phi) is 36.0. The molecule has 0 aliphatic heterocycles. The van der Waals surface area contributed by atoms with Gasteiger partial charge in [-0.2, -0.15) is 0 Å². The van der Waals surface area contributed by atoms with Crippen LogP contribution in [0.15, 0.2) is 0 Å². The van der Waals surface area contributed by atoms with Gasteiger partial charge in [0.2, 0.25) is 0 Å². The maximum Gasteiger partial charge on any atom is 0.303 e. The second-order valence-corrected chi connectivity index (χ2v) is 1.50. The Bertz CT molecular complexity index is 66.7. The maximum atomic E-state index is 9.76. The molecule has 0 spiro atoms. The van der Waals surface area contributed by atoms with Crippen LogP contribution in [-0.2, 0) is 21.9 Å². The molecule has 0 saturated carbocycles. The number of carboxylic acid groups (broad SMARTS) is 1. The van der Waals surface area contributed by atoms with Crippen molar-refractivity contribution in [3.05, 3.63) is 0 Å². The fraction of sp³-hybridized carbons (Fsp3) is 0.800. The van der Waals surface area contributed by atoms with Crippen molar-refractivity contribution in [1.82, 2.24) is 0 Å². The van der Waals surface area contributed by atoms with Gasteiger partial charge in [-0.3, -0.25) is 4.79 Å². The van der Waals surface area contributed by atoms with E-state index in [9.17, 15) is 4.79 Å². The minimum atomic E-state index is -0.693. The molecule has 0 radical (unpaired) electrons. The zero-order chi connectivity index (χ0) is 5.70. The molecule has 0 heterocycles. The van der Waals surface area contributed by atoms with Crippen molar-refractivity contribution in [3.8, 4) is 0 Å². The van der Waals surface area contributed by atoms with Crippen molar-refractivity contribution in [3.63, 3.8) is 0 Å². The van der Waals surface area contributed by atoms with Crippen molar-refractivity contribution in [2.75, 3.05) is 0 Å². The SMILES string of the molecule is CCCCC(=O)O.O.O.[Fe]. The van der Waals surface area contributed by atoms with Crippen molar-refractivity contribution in [2.45, 2.75) is 26.2 Å². The van der Waals surface area contributed by atoms with Gasteiger partial charge in [-0.05, 0) is 6.42 Å². The summed E-state index contributed by atoms with van der Waals surface area (Å²) in [5, 5.41) is 8.04. The summed E-state index contributed by atoms with van der Waals surface area (Å²) < 4.78 is 0. The molecule has 66 valence electrons. The summed E-state index contributed by atoms with van der Waals surface area (Å²) in [5.74, 6) is -0.693. The van der Waals surface area contributed by atoms with Crippen LogP contribution >= 0.6 is 0 Å². The second kappa shape index (κ2) is 16.0. The number of unbranched alkanes of at least 4 members (excludes halogenated alkanes) is 1. The summed E-state index contributed by atoms with van der Waals surface area (Å²) in [7, 11) is 0. The summed E-state index contributed by atoms with van der Waals surface area (Å²) in [6.07, 6.45) is 2.08. The van der Waals surface area contributed by atoms with E-state index in [1.807, 2.05) is 6.92 Å². The van der Waals surface area contributed by atoms with Crippen LogP contribution in [0.1, 0.15) is 26.2 Å². The average Bonchev–Trinajstić information content (AvgIpc) is 1.61. The van der Waals surface area contributed by atoms with Crippen LogP contribution < -0.4 is 0 Å². The van der Waals surface area contributed by atoms with Crippen LogP contribution in [0.3, 0.4) is 0 Å². The van der Waals surface area contributed by atoms with E-state index in [1.165, 1.54) is 0 Å². The van der Waals surface area contributed by atoms with Gasteiger partial charge in [0.05, 0.1) is 0 Å². The van der Waals surface area contributed by atoms with E-state index in [0.717, 1.165) is 12.8 Å². The first kappa shape index (κ1) is 22.5. The van der Waals surface area contributed by atoms with Gasteiger partial charge in [-0.1, -0.05) is 13.3 Å². The maximum absolute atomic E-state index is 9.76. The summed E-state index contributed by atoms with van der Waals surface area (Å²) in [5.41, 5.74) is 0. The monoisotopic (exact) mass is 194 g/mol. The molecule has 0 unspecified atom stereocenters. The van der Waals surface area contributed by atoms with E-state index < -0.39 is 5.97 Å². The molecule has 0 aliphatic carbocycles. The first-order valence-corrected chi connectivity index (χ1v) is 2.49. The Morgan fingerprint density at radius 3 is 1.90 bits per heavy atom. The molecular formula is C5H14FeO4. The van der Waals surface area contributed by atoms with Gasteiger partial charge in [0.15, 0.2) is 0 Å². The van der Waals surface area contributed by atoms with Gasteiger partial charge < -0.3 is 16.1 Å².